The van der Waals surface area contributed by atoms with Crippen molar-refractivity contribution in [3.8, 4) is 11.5 Å². The molecule has 0 radical (unpaired) electrons. The van der Waals surface area contributed by atoms with Crippen LogP contribution in [0.5, 0.6) is 11.5 Å². The second-order valence-electron chi connectivity index (χ2n) is 7.65. The molecule has 1 amide bonds. The molecule has 2 fully saturated rings. The molecule has 3 heterocycles. The van der Waals surface area contributed by atoms with E-state index in [0.29, 0.717) is 24.6 Å². The molecule has 0 unspecified atom stereocenters. The van der Waals surface area contributed by atoms with Gasteiger partial charge in [-0.15, -0.1) is 0 Å². The Morgan fingerprint density at radius 2 is 1.78 bits per heavy atom. The number of hydrogen-bond donors (Lipinski definition) is 1. The standard InChI is InChI=1S/C20H26N2O5/c23-19(12-21-7-3-1-2-4-8-21)22-10-15(16(11-22)20(24)25)14-5-6-17-18(9-14)27-13-26-17/h5-6,9,15-16H,1-4,7-8,10-13H2,(H,24,25)/t15-,16+/m0/s1. The topological polar surface area (TPSA) is 79.3 Å². The second kappa shape index (κ2) is 7.76. The van der Waals surface area contributed by atoms with E-state index >= 15 is 0 Å². The molecule has 1 aromatic carbocycles. The third-order valence-electron chi connectivity index (χ3n) is 5.87. The van der Waals surface area contributed by atoms with Crippen molar-refractivity contribution in [3.05, 3.63) is 23.8 Å². The first-order valence-corrected chi connectivity index (χ1v) is 9.74. The van der Waals surface area contributed by atoms with Gasteiger partial charge >= 0.3 is 5.97 Å². The molecule has 0 saturated carbocycles. The molecule has 2 saturated heterocycles. The molecule has 0 bridgehead atoms. The summed E-state index contributed by atoms with van der Waals surface area (Å²) < 4.78 is 10.8. The summed E-state index contributed by atoms with van der Waals surface area (Å²) in [4.78, 5) is 28.6. The van der Waals surface area contributed by atoms with E-state index in [1.807, 2.05) is 18.2 Å². The highest BCUT2D eigenvalue weighted by molar-refractivity contribution is 5.81. The highest BCUT2D eigenvalue weighted by atomic mass is 16.7. The van der Waals surface area contributed by atoms with Crippen LogP contribution in [0.15, 0.2) is 18.2 Å². The van der Waals surface area contributed by atoms with Gasteiger partial charge in [-0.2, -0.15) is 0 Å². The monoisotopic (exact) mass is 374 g/mol. The lowest BCUT2D eigenvalue weighted by Gasteiger charge is -2.23. The molecule has 0 spiro atoms. The minimum atomic E-state index is -0.859. The number of likely N-dealkylation sites (tertiary alicyclic amines) is 2. The Labute approximate surface area is 158 Å². The number of benzene rings is 1. The third kappa shape index (κ3) is 3.88. The zero-order valence-corrected chi connectivity index (χ0v) is 15.4. The first-order valence-electron chi connectivity index (χ1n) is 9.74. The number of carbonyl (C=O) groups is 2. The van der Waals surface area contributed by atoms with Crippen LogP contribution >= 0.6 is 0 Å². The van der Waals surface area contributed by atoms with Gasteiger partial charge < -0.3 is 19.5 Å². The number of carbonyl (C=O) groups excluding carboxylic acids is 1. The minimum absolute atomic E-state index is 0.0337. The van der Waals surface area contributed by atoms with Gasteiger partial charge in [0.1, 0.15) is 0 Å². The maximum absolute atomic E-state index is 12.8. The Kier molecular flexibility index (Phi) is 5.20. The number of amides is 1. The second-order valence-corrected chi connectivity index (χ2v) is 7.65. The fraction of sp³-hybridized carbons (Fsp3) is 0.600. The van der Waals surface area contributed by atoms with Crippen LogP contribution in [0, 0.1) is 5.92 Å². The smallest absolute Gasteiger partial charge is 0.308 e. The molecule has 0 aliphatic carbocycles. The summed E-state index contributed by atoms with van der Waals surface area (Å²) in [5, 5.41) is 9.69. The van der Waals surface area contributed by atoms with Crippen LogP contribution in [0.1, 0.15) is 37.2 Å². The van der Waals surface area contributed by atoms with Gasteiger partial charge in [-0.05, 0) is 43.6 Å². The molecule has 3 aliphatic heterocycles. The Hall–Kier alpha value is -2.28. The molecule has 2 atom stereocenters. The highest BCUT2D eigenvalue weighted by Gasteiger charge is 2.41. The Morgan fingerprint density at radius 3 is 2.52 bits per heavy atom. The lowest BCUT2D eigenvalue weighted by atomic mass is 9.89. The zero-order chi connectivity index (χ0) is 18.8. The van der Waals surface area contributed by atoms with Crippen molar-refractivity contribution in [2.45, 2.75) is 31.6 Å². The summed E-state index contributed by atoms with van der Waals surface area (Å²) in [6.45, 7) is 3.18. The normalized spacial score (nSPS) is 25.4. The average molecular weight is 374 g/mol. The van der Waals surface area contributed by atoms with Gasteiger partial charge in [-0.25, -0.2) is 0 Å². The largest absolute Gasteiger partial charge is 0.481 e. The molecule has 7 heteroatoms. The van der Waals surface area contributed by atoms with E-state index in [4.69, 9.17) is 9.47 Å². The van der Waals surface area contributed by atoms with Crippen LogP contribution in [0.4, 0.5) is 0 Å². The summed E-state index contributed by atoms with van der Waals surface area (Å²) in [6, 6.07) is 5.56. The molecule has 0 aromatic heterocycles. The SMILES string of the molecule is O=C(O)[C@@H]1CN(C(=O)CN2CCCCCC2)C[C@H]1c1ccc2c(c1)OCO2. The van der Waals surface area contributed by atoms with E-state index in [2.05, 4.69) is 4.90 Å². The predicted molar refractivity (Wildman–Crippen MR) is 97.9 cm³/mol. The molecule has 1 aromatic rings. The molecule has 146 valence electrons. The Bertz CT molecular complexity index is 714. The van der Waals surface area contributed by atoms with Crippen molar-refractivity contribution in [1.29, 1.82) is 0 Å². The van der Waals surface area contributed by atoms with Crippen LogP contribution in [0.3, 0.4) is 0 Å². The molecular formula is C20H26N2O5. The summed E-state index contributed by atoms with van der Waals surface area (Å²) in [5.41, 5.74) is 0.886. The maximum Gasteiger partial charge on any atom is 0.308 e. The lowest BCUT2D eigenvalue weighted by molar-refractivity contribution is -0.141. The maximum atomic E-state index is 12.8. The number of carboxylic acid groups (broad SMARTS) is 1. The predicted octanol–water partition coefficient (Wildman–Crippen LogP) is 1.92. The zero-order valence-electron chi connectivity index (χ0n) is 15.4. The van der Waals surface area contributed by atoms with E-state index in [9.17, 15) is 14.7 Å². The quantitative estimate of drug-likeness (QED) is 0.867. The average Bonchev–Trinajstić information content (AvgIpc) is 3.23. The van der Waals surface area contributed by atoms with Crippen molar-refractivity contribution in [2.24, 2.45) is 5.92 Å². The fourth-order valence-corrected chi connectivity index (χ4v) is 4.32. The first kappa shape index (κ1) is 18.1. The number of fused-ring (bicyclic) bond motifs is 1. The van der Waals surface area contributed by atoms with E-state index in [0.717, 1.165) is 31.5 Å². The number of carboxylic acids is 1. The van der Waals surface area contributed by atoms with Gasteiger partial charge in [0.15, 0.2) is 11.5 Å². The van der Waals surface area contributed by atoms with E-state index in [-0.39, 0.29) is 25.2 Å². The number of hydrogen-bond acceptors (Lipinski definition) is 5. The molecule has 3 aliphatic rings. The fourth-order valence-electron chi connectivity index (χ4n) is 4.32. The van der Waals surface area contributed by atoms with E-state index < -0.39 is 11.9 Å². The van der Waals surface area contributed by atoms with Gasteiger partial charge in [0.25, 0.3) is 0 Å². The molecule has 4 rings (SSSR count). The summed E-state index contributed by atoms with van der Waals surface area (Å²) in [5.74, 6) is -0.332. The number of aliphatic carboxylic acids is 1. The van der Waals surface area contributed by atoms with Crippen LogP contribution in [0.2, 0.25) is 0 Å². The van der Waals surface area contributed by atoms with E-state index in [1.54, 1.807) is 4.90 Å². The summed E-state index contributed by atoms with van der Waals surface area (Å²) in [7, 11) is 0. The van der Waals surface area contributed by atoms with Crippen LogP contribution in [-0.2, 0) is 9.59 Å². The van der Waals surface area contributed by atoms with Crippen molar-refractivity contribution in [1.82, 2.24) is 9.80 Å². The molecule has 1 N–H and O–H groups in total. The molecule has 7 nitrogen and oxygen atoms in total. The number of nitrogens with zero attached hydrogens (tertiary/aromatic N) is 2. The molecular weight excluding hydrogens is 348 g/mol. The molecule has 27 heavy (non-hydrogen) atoms. The Morgan fingerprint density at radius 1 is 1.04 bits per heavy atom. The van der Waals surface area contributed by atoms with Crippen molar-refractivity contribution in [2.75, 3.05) is 39.5 Å². The highest BCUT2D eigenvalue weighted by Crippen LogP contribution is 2.39. The summed E-state index contributed by atoms with van der Waals surface area (Å²) in [6.07, 6.45) is 4.71. The first-order chi connectivity index (χ1) is 13.1. The number of ether oxygens (including phenoxy) is 2. The van der Waals surface area contributed by atoms with Crippen LogP contribution in [-0.4, -0.2) is 66.3 Å². The van der Waals surface area contributed by atoms with Gasteiger partial charge in [-0.1, -0.05) is 18.9 Å². The number of rotatable bonds is 4. The van der Waals surface area contributed by atoms with Crippen molar-refractivity contribution >= 4 is 11.9 Å². The van der Waals surface area contributed by atoms with E-state index in [1.165, 1.54) is 12.8 Å². The van der Waals surface area contributed by atoms with Gasteiger partial charge in [0, 0.05) is 19.0 Å². The van der Waals surface area contributed by atoms with Gasteiger partial charge in [-0.3, -0.25) is 14.5 Å². The third-order valence-corrected chi connectivity index (χ3v) is 5.87. The summed E-state index contributed by atoms with van der Waals surface area (Å²) >= 11 is 0. The van der Waals surface area contributed by atoms with Gasteiger partial charge in [0.2, 0.25) is 12.7 Å². The van der Waals surface area contributed by atoms with Crippen LogP contribution in [0.25, 0.3) is 0 Å². The van der Waals surface area contributed by atoms with Crippen LogP contribution < -0.4 is 9.47 Å². The lowest BCUT2D eigenvalue weighted by Crippen LogP contribution is -2.40. The Balaban J connectivity index is 1.46. The minimum Gasteiger partial charge on any atom is -0.481 e. The van der Waals surface area contributed by atoms with Gasteiger partial charge in [0.05, 0.1) is 12.5 Å². The van der Waals surface area contributed by atoms with Crippen molar-refractivity contribution in [3.63, 3.8) is 0 Å². The van der Waals surface area contributed by atoms with Crippen molar-refractivity contribution < 1.29 is 24.2 Å².